The van der Waals surface area contributed by atoms with Crippen LogP contribution in [-0.4, -0.2) is 26.9 Å². The van der Waals surface area contributed by atoms with Gasteiger partial charge in [0.2, 0.25) is 0 Å². The van der Waals surface area contributed by atoms with Gasteiger partial charge in [-0.05, 0) is 50.1 Å². The van der Waals surface area contributed by atoms with Gasteiger partial charge in [0, 0.05) is 6.07 Å². The van der Waals surface area contributed by atoms with Crippen LogP contribution in [0.25, 0.3) is 0 Å². The quantitative estimate of drug-likeness (QED) is 0.831. The average Bonchev–Trinajstić information content (AvgIpc) is 2.56. The summed E-state index contributed by atoms with van der Waals surface area (Å²) in [6, 6.07) is 11.9. The van der Waals surface area contributed by atoms with Gasteiger partial charge in [-0.3, -0.25) is 0 Å². The number of hydrogen-bond donors (Lipinski definition) is 1. The molecule has 1 atom stereocenters. The van der Waals surface area contributed by atoms with Crippen molar-refractivity contribution >= 4 is 5.69 Å². The maximum absolute atomic E-state index is 6.04. The van der Waals surface area contributed by atoms with Gasteiger partial charge in [0.15, 0.2) is 0 Å². The fourth-order valence-electron chi connectivity index (χ4n) is 2.30. The van der Waals surface area contributed by atoms with Crippen molar-refractivity contribution in [1.29, 1.82) is 0 Å². The van der Waals surface area contributed by atoms with Crippen LogP contribution < -0.4 is 19.5 Å². The summed E-state index contributed by atoms with van der Waals surface area (Å²) in [6.07, 6.45) is 0.0198. The lowest BCUT2D eigenvalue weighted by Gasteiger charge is -2.19. The second-order valence-corrected chi connectivity index (χ2v) is 5.64. The first-order valence-corrected chi connectivity index (χ1v) is 7.73. The lowest BCUT2D eigenvalue weighted by Crippen LogP contribution is -2.23. The molecule has 4 heteroatoms. The lowest BCUT2D eigenvalue weighted by atomic mass is 10.1. The van der Waals surface area contributed by atoms with Crippen LogP contribution in [0.2, 0.25) is 0 Å². The van der Waals surface area contributed by atoms with E-state index >= 15 is 0 Å². The standard InChI is InChI=1S/C19H25NO3/c1-13-6-7-14(2)19(10-13)23-15(3)12-20-17-11-16(21-4)8-9-18(17)22-5/h6-11,15,20H,12H2,1-5H3. The molecule has 1 N–H and O–H groups in total. The SMILES string of the molecule is COc1ccc(OC)c(NCC(C)Oc2cc(C)ccc2C)c1. The van der Waals surface area contributed by atoms with Crippen LogP contribution in [0.3, 0.4) is 0 Å². The number of anilines is 1. The van der Waals surface area contributed by atoms with Gasteiger partial charge >= 0.3 is 0 Å². The maximum atomic E-state index is 6.04. The fraction of sp³-hybridized carbons (Fsp3) is 0.368. The molecule has 0 radical (unpaired) electrons. The minimum absolute atomic E-state index is 0.0198. The lowest BCUT2D eigenvalue weighted by molar-refractivity contribution is 0.233. The number of methoxy groups -OCH3 is 2. The van der Waals surface area contributed by atoms with Crippen LogP contribution in [0.5, 0.6) is 17.2 Å². The summed E-state index contributed by atoms with van der Waals surface area (Å²) >= 11 is 0. The van der Waals surface area contributed by atoms with E-state index in [2.05, 4.69) is 37.4 Å². The van der Waals surface area contributed by atoms with E-state index in [9.17, 15) is 0 Å². The van der Waals surface area contributed by atoms with Crippen LogP contribution in [0.15, 0.2) is 36.4 Å². The number of hydrogen-bond acceptors (Lipinski definition) is 4. The predicted octanol–water partition coefficient (Wildman–Crippen LogP) is 4.20. The Morgan fingerprint density at radius 2 is 1.74 bits per heavy atom. The van der Waals surface area contributed by atoms with Crippen LogP contribution in [-0.2, 0) is 0 Å². The van der Waals surface area contributed by atoms with Gasteiger partial charge < -0.3 is 19.5 Å². The van der Waals surface area contributed by atoms with E-state index in [0.29, 0.717) is 6.54 Å². The summed E-state index contributed by atoms with van der Waals surface area (Å²) in [7, 11) is 3.31. The normalized spacial score (nSPS) is 11.7. The smallest absolute Gasteiger partial charge is 0.142 e. The van der Waals surface area contributed by atoms with Crippen LogP contribution in [0.1, 0.15) is 18.1 Å². The molecule has 0 aliphatic rings. The maximum Gasteiger partial charge on any atom is 0.142 e. The van der Waals surface area contributed by atoms with Crippen molar-refractivity contribution in [3.8, 4) is 17.2 Å². The van der Waals surface area contributed by atoms with Crippen molar-refractivity contribution in [3.05, 3.63) is 47.5 Å². The van der Waals surface area contributed by atoms with Crippen LogP contribution in [0, 0.1) is 13.8 Å². The molecule has 1 unspecified atom stereocenters. The molecule has 0 spiro atoms. The van der Waals surface area contributed by atoms with Gasteiger partial charge in [-0.25, -0.2) is 0 Å². The molecule has 0 amide bonds. The zero-order valence-electron chi connectivity index (χ0n) is 14.5. The van der Waals surface area contributed by atoms with E-state index < -0.39 is 0 Å². The number of rotatable bonds is 7. The summed E-state index contributed by atoms with van der Waals surface area (Å²) < 4.78 is 16.7. The van der Waals surface area contributed by atoms with Crippen molar-refractivity contribution in [3.63, 3.8) is 0 Å². The molecule has 0 fully saturated rings. The molecule has 0 saturated carbocycles. The Morgan fingerprint density at radius 1 is 0.957 bits per heavy atom. The first-order valence-electron chi connectivity index (χ1n) is 7.73. The van der Waals surface area contributed by atoms with E-state index in [4.69, 9.17) is 14.2 Å². The monoisotopic (exact) mass is 315 g/mol. The van der Waals surface area contributed by atoms with Crippen molar-refractivity contribution in [2.75, 3.05) is 26.1 Å². The van der Waals surface area contributed by atoms with Gasteiger partial charge in [0.1, 0.15) is 23.4 Å². The molecule has 2 aromatic carbocycles. The number of ether oxygens (including phenoxy) is 3. The minimum atomic E-state index is 0.0198. The molecule has 0 aliphatic heterocycles. The Balaban J connectivity index is 2.01. The molecular weight excluding hydrogens is 290 g/mol. The van der Waals surface area contributed by atoms with Crippen molar-refractivity contribution < 1.29 is 14.2 Å². The highest BCUT2D eigenvalue weighted by molar-refractivity contribution is 5.59. The third-order valence-electron chi connectivity index (χ3n) is 3.66. The molecular formula is C19H25NO3. The number of nitrogens with one attached hydrogen (secondary N) is 1. The Morgan fingerprint density at radius 3 is 2.43 bits per heavy atom. The number of benzene rings is 2. The summed E-state index contributed by atoms with van der Waals surface area (Å²) in [5, 5.41) is 3.36. The second-order valence-electron chi connectivity index (χ2n) is 5.64. The van der Waals surface area contributed by atoms with E-state index in [0.717, 1.165) is 28.5 Å². The first kappa shape index (κ1) is 17.0. The van der Waals surface area contributed by atoms with Gasteiger partial charge in [0.25, 0.3) is 0 Å². The summed E-state index contributed by atoms with van der Waals surface area (Å²) in [4.78, 5) is 0. The fourth-order valence-corrected chi connectivity index (χ4v) is 2.30. The van der Waals surface area contributed by atoms with E-state index in [1.165, 1.54) is 5.56 Å². The molecule has 0 aliphatic carbocycles. The van der Waals surface area contributed by atoms with E-state index in [1.54, 1.807) is 14.2 Å². The number of aryl methyl sites for hydroxylation is 2. The molecule has 4 nitrogen and oxygen atoms in total. The van der Waals surface area contributed by atoms with E-state index in [-0.39, 0.29) is 6.10 Å². The Bertz CT molecular complexity index is 655. The van der Waals surface area contributed by atoms with Gasteiger partial charge in [-0.2, -0.15) is 0 Å². The summed E-state index contributed by atoms with van der Waals surface area (Å²) in [6.45, 7) is 6.83. The van der Waals surface area contributed by atoms with Crippen molar-refractivity contribution in [2.45, 2.75) is 26.9 Å². The highest BCUT2D eigenvalue weighted by atomic mass is 16.5. The zero-order chi connectivity index (χ0) is 16.8. The largest absolute Gasteiger partial charge is 0.497 e. The molecule has 0 bridgehead atoms. The highest BCUT2D eigenvalue weighted by Crippen LogP contribution is 2.29. The van der Waals surface area contributed by atoms with Crippen LogP contribution >= 0.6 is 0 Å². The Labute approximate surface area is 138 Å². The second kappa shape index (κ2) is 7.77. The highest BCUT2D eigenvalue weighted by Gasteiger charge is 2.09. The first-order chi connectivity index (χ1) is 11.0. The molecule has 2 rings (SSSR count). The summed E-state index contributed by atoms with van der Waals surface area (Å²) in [5.41, 5.74) is 3.23. The molecule has 0 heterocycles. The molecule has 2 aromatic rings. The Hall–Kier alpha value is -2.36. The minimum Gasteiger partial charge on any atom is -0.497 e. The van der Waals surface area contributed by atoms with E-state index in [1.807, 2.05) is 25.1 Å². The van der Waals surface area contributed by atoms with Gasteiger partial charge in [-0.15, -0.1) is 0 Å². The van der Waals surface area contributed by atoms with Gasteiger partial charge in [-0.1, -0.05) is 12.1 Å². The molecule has 0 saturated heterocycles. The van der Waals surface area contributed by atoms with Gasteiger partial charge in [0.05, 0.1) is 26.5 Å². The predicted molar refractivity (Wildman–Crippen MR) is 94.0 cm³/mol. The third-order valence-corrected chi connectivity index (χ3v) is 3.66. The molecule has 124 valence electrons. The van der Waals surface area contributed by atoms with Crippen LogP contribution in [0.4, 0.5) is 5.69 Å². The Kier molecular flexibility index (Phi) is 5.74. The zero-order valence-corrected chi connectivity index (χ0v) is 14.5. The average molecular weight is 315 g/mol. The summed E-state index contributed by atoms with van der Waals surface area (Å²) in [5.74, 6) is 2.50. The topological polar surface area (TPSA) is 39.7 Å². The third kappa shape index (κ3) is 4.55. The van der Waals surface area contributed by atoms with Crippen molar-refractivity contribution in [1.82, 2.24) is 0 Å². The molecule has 23 heavy (non-hydrogen) atoms. The van der Waals surface area contributed by atoms with Crippen molar-refractivity contribution in [2.24, 2.45) is 0 Å². The molecule has 0 aromatic heterocycles.